The SMILES string of the molecule is C=C(C)C.CC.CCCN.Cc1ccc2c(C)ccc(C)c2n1.Cc1ccc2c(C)cccc2n1. The summed E-state index contributed by atoms with van der Waals surface area (Å²) < 4.78 is 0. The molecular formula is C32H47N3. The highest BCUT2D eigenvalue weighted by molar-refractivity contribution is 5.85. The average molecular weight is 474 g/mol. The Bertz CT molecular complexity index is 1170. The van der Waals surface area contributed by atoms with E-state index in [2.05, 4.69) is 92.8 Å². The standard InChI is InChI=1S/C12H13N.C11H11N.C4H8.C3H9N.C2H6/c1-8-4-5-9(2)12-11(8)7-6-10(3)13-12;1-8-4-3-5-11-10(8)7-6-9(2)12-11;1-4(2)3;1-2-3-4;1-2/h4-7H,1-3H3;3-7H,1-2H3;1H2,2-3H3;2-4H2,1H3;1-2H3. The van der Waals surface area contributed by atoms with Crippen molar-refractivity contribution in [2.24, 2.45) is 5.73 Å². The van der Waals surface area contributed by atoms with Gasteiger partial charge in [0.1, 0.15) is 0 Å². The highest BCUT2D eigenvalue weighted by atomic mass is 14.7. The fourth-order valence-corrected chi connectivity index (χ4v) is 3.00. The molecule has 3 heteroatoms. The third kappa shape index (κ3) is 11.8. The molecule has 0 aliphatic carbocycles. The lowest BCUT2D eigenvalue weighted by Crippen LogP contribution is -1.93. The number of hydrogen-bond donors (Lipinski definition) is 1. The van der Waals surface area contributed by atoms with E-state index in [-0.39, 0.29) is 0 Å². The van der Waals surface area contributed by atoms with Crippen molar-refractivity contribution in [3.8, 4) is 0 Å². The number of nitrogens with zero attached hydrogens (tertiary/aromatic N) is 2. The molecule has 0 saturated heterocycles. The number of aryl methyl sites for hydroxylation is 5. The molecule has 0 bridgehead atoms. The summed E-state index contributed by atoms with van der Waals surface area (Å²) in [6.07, 6.45) is 1.10. The Morgan fingerprint density at radius 1 is 0.714 bits per heavy atom. The summed E-state index contributed by atoms with van der Waals surface area (Å²) in [7, 11) is 0. The first-order valence-electron chi connectivity index (χ1n) is 12.6. The molecule has 2 aromatic heterocycles. The molecule has 3 nitrogen and oxygen atoms in total. The Kier molecular flexibility index (Phi) is 15.9. The van der Waals surface area contributed by atoms with Gasteiger partial charge in [0.2, 0.25) is 0 Å². The van der Waals surface area contributed by atoms with E-state index in [4.69, 9.17) is 5.73 Å². The number of hydrogen-bond acceptors (Lipinski definition) is 3. The first-order chi connectivity index (χ1) is 16.6. The van der Waals surface area contributed by atoms with Crippen molar-refractivity contribution in [1.82, 2.24) is 9.97 Å². The number of nitrogens with two attached hydrogens (primary N) is 1. The van der Waals surface area contributed by atoms with Gasteiger partial charge in [0.25, 0.3) is 0 Å². The number of fused-ring (bicyclic) bond motifs is 2. The maximum Gasteiger partial charge on any atom is 0.0736 e. The van der Waals surface area contributed by atoms with Crippen LogP contribution in [0.1, 0.15) is 69.1 Å². The van der Waals surface area contributed by atoms with Gasteiger partial charge in [-0.15, -0.1) is 6.58 Å². The summed E-state index contributed by atoms with van der Waals surface area (Å²) in [4.78, 5) is 8.97. The highest BCUT2D eigenvalue weighted by Gasteiger charge is 2.01. The Balaban J connectivity index is 0.000000485. The Hall–Kier alpha value is -3.04. The van der Waals surface area contributed by atoms with Gasteiger partial charge < -0.3 is 5.73 Å². The Labute approximate surface area is 214 Å². The third-order valence-corrected chi connectivity index (χ3v) is 4.79. The smallest absolute Gasteiger partial charge is 0.0736 e. The van der Waals surface area contributed by atoms with E-state index in [0.29, 0.717) is 0 Å². The second-order valence-corrected chi connectivity index (χ2v) is 8.64. The van der Waals surface area contributed by atoms with Gasteiger partial charge in [-0.1, -0.05) is 62.7 Å². The van der Waals surface area contributed by atoms with Gasteiger partial charge in [-0.3, -0.25) is 9.97 Å². The van der Waals surface area contributed by atoms with E-state index in [1.165, 1.54) is 33.0 Å². The zero-order valence-electron chi connectivity index (χ0n) is 23.8. The molecule has 0 atom stereocenters. The molecule has 0 fully saturated rings. The molecule has 0 spiro atoms. The van der Waals surface area contributed by atoms with Crippen LogP contribution in [0.4, 0.5) is 0 Å². The lowest BCUT2D eigenvalue weighted by molar-refractivity contribution is 0.932. The summed E-state index contributed by atoms with van der Waals surface area (Å²) >= 11 is 0. The van der Waals surface area contributed by atoms with Crippen LogP contribution in [-0.2, 0) is 0 Å². The minimum atomic E-state index is 0.819. The van der Waals surface area contributed by atoms with Crippen LogP contribution in [0.2, 0.25) is 0 Å². The first kappa shape index (κ1) is 32.0. The van der Waals surface area contributed by atoms with Crippen LogP contribution in [-0.4, -0.2) is 16.5 Å². The molecule has 2 heterocycles. The normalized spacial score (nSPS) is 9.34. The van der Waals surface area contributed by atoms with Crippen LogP contribution >= 0.6 is 0 Å². The van der Waals surface area contributed by atoms with Crippen LogP contribution < -0.4 is 5.73 Å². The van der Waals surface area contributed by atoms with Crippen molar-refractivity contribution >= 4 is 21.8 Å². The van der Waals surface area contributed by atoms with E-state index in [1.807, 2.05) is 47.6 Å². The Morgan fingerprint density at radius 2 is 1.17 bits per heavy atom. The van der Waals surface area contributed by atoms with Crippen LogP contribution in [0.3, 0.4) is 0 Å². The van der Waals surface area contributed by atoms with Gasteiger partial charge in [0, 0.05) is 22.2 Å². The van der Waals surface area contributed by atoms with Crippen LogP contribution in [0.15, 0.2) is 66.7 Å². The van der Waals surface area contributed by atoms with Crippen molar-refractivity contribution in [3.05, 3.63) is 94.8 Å². The van der Waals surface area contributed by atoms with E-state index in [1.54, 1.807) is 0 Å². The molecule has 0 aliphatic rings. The number of benzene rings is 2. The zero-order chi connectivity index (χ0) is 27.0. The molecular weight excluding hydrogens is 426 g/mol. The van der Waals surface area contributed by atoms with Crippen LogP contribution in [0, 0.1) is 34.6 Å². The monoisotopic (exact) mass is 473 g/mol. The van der Waals surface area contributed by atoms with Gasteiger partial charge in [0.15, 0.2) is 0 Å². The number of rotatable bonds is 1. The quantitative estimate of drug-likeness (QED) is 0.281. The van der Waals surface area contributed by atoms with Gasteiger partial charge in [-0.25, -0.2) is 0 Å². The minimum Gasteiger partial charge on any atom is -0.330 e. The maximum atomic E-state index is 5.03. The number of aromatic nitrogens is 2. The Morgan fingerprint density at radius 3 is 1.71 bits per heavy atom. The van der Waals surface area contributed by atoms with E-state index < -0.39 is 0 Å². The molecule has 190 valence electrons. The lowest BCUT2D eigenvalue weighted by atomic mass is 10.1. The second-order valence-electron chi connectivity index (χ2n) is 8.64. The third-order valence-electron chi connectivity index (χ3n) is 4.79. The second kappa shape index (κ2) is 17.4. The van der Waals surface area contributed by atoms with Crippen LogP contribution in [0.25, 0.3) is 21.8 Å². The molecule has 2 aromatic carbocycles. The lowest BCUT2D eigenvalue weighted by Gasteiger charge is -2.04. The first-order valence-corrected chi connectivity index (χ1v) is 12.6. The van der Waals surface area contributed by atoms with Crippen molar-refractivity contribution in [2.45, 2.75) is 75.7 Å². The summed E-state index contributed by atoms with van der Waals surface area (Å²) in [6, 6.07) is 18.9. The van der Waals surface area contributed by atoms with Crippen molar-refractivity contribution in [1.29, 1.82) is 0 Å². The largest absolute Gasteiger partial charge is 0.330 e. The van der Waals surface area contributed by atoms with Crippen molar-refractivity contribution in [2.75, 3.05) is 6.54 Å². The summed E-state index contributed by atoms with van der Waals surface area (Å²) in [5.41, 5.74) is 14.4. The predicted molar refractivity (Wildman–Crippen MR) is 158 cm³/mol. The predicted octanol–water partition coefficient (Wildman–Crippen LogP) is 8.98. The minimum absolute atomic E-state index is 0.819. The summed E-state index contributed by atoms with van der Waals surface area (Å²) in [6.45, 7) is 24.8. The highest BCUT2D eigenvalue weighted by Crippen LogP contribution is 2.20. The number of pyridine rings is 2. The molecule has 35 heavy (non-hydrogen) atoms. The summed E-state index contributed by atoms with van der Waals surface area (Å²) in [5.74, 6) is 0. The van der Waals surface area contributed by atoms with E-state index >= 15 is 0 Å². The van der Waals surface area contributed by atoms with Gasteiger partial charge >= 0.3 is 0 Å². The number of allylic oxidation sites excluding steroid dienone is 1. The molecule has 2 N–H and O–H groups in total. The molecule has 0 amide bonds. The van der Waals surface area contributed by atoms with Gasteiger partial charge in [-0.2, -0.15) is 0 Å². The zero-order valence-corrected chi connectivity index (χ0v) is 23.8. The van der Waals surface area contributed by atoms with Crippen molar-refractivity contribution < 1.29 is 0 Å². The molecule has 0 unspecified atom stereocenters. The van der Waals surface area contributed by atoms with E-state index in [9.17, 15) is 0 Å². The molecule has 4 aromatic rings. The maximum absolute atomic E-state index is 5.03. The van der Waals surface area contributed by atoms with Gasteiger partial charge in [0.05, 0.1) is 11.0 Å². The molecule has 0 radical (unpaired) electrons. The topological polar surface area (TPSA) is 51.8 Å². The fourth-order valence-electron chi connectivity index (χ4n) is 3.00. The van der Waals surface area contributed by atoms with E-state index in [0.717, 1.165) is 35.4 Å². The molecule has 4 rings (SSSR count). The fraction of sp³-hybridized carbons (Fsp3) is 0.375. The average Bonchev–Trinajstić information content (AvgIpc) is 2.83. The summed E-state index contributed by atoms with van der Waals surface area (Å²) in [5, 5.41) is 2.52. The molecule has 0 saturated carbocycles. The van der Waals surface area contributed by atoms with Gasteiger partial charge in [-0.05, 0) is 96.3 Å². The van der Waals surface area contributed by atoms with Crippen molar-refractivity contribution in [3.63, 3.8) is 0 Å². The molecule has 0 aliphatic heterocycles. The van der Waals surface area contributed by atoms with Crippen LogP contribution in [0.5, 0.6) is 0 Å².